The molecular weight excluding hydrogens is 334 g/mol. The highest BCUT2D eigenvalue weighted by Crippen LogP contribution is 2.28. The molecule has 1 heterocycles. The van der Waals surface area contributed by atoms with Gasteiger partial charge in [-0.2, -0.15) is 4.80 Å². The third-order valence-electron chi connectivity index (χ3n) is 2.91. The van der Waals surface area contributed by atoms with E-state index < -0.39 is 0 Å². The van der Waals surface area contributed by atoms with Crippen molar-refractivity contribution in [3.8, 4) is 5.75 Å². The van der Waals surface area contributed by atoms with Crippen LogP contribution < -0.4 is 10.1 Å². The lowest BCUT2D eigenvalue weighted by molar-refractivity contribution is 0.289. The molecule has 0 aliphatic heterocycles. The smallest absolute Gasteiger partial charge is 0.212 e. The third kappa shape index (κ3) is 4.50. The molecule has 0 fully saturated rings. The molecule has 0 unspecified atom stereocenters. The zero-order valence-corrected chi connectivity index (χ0v) is 14.3. The quantitative estimate of drug-likeness (QED) is 0.863. The van der Waals surface area contributed by atoms with Crippen LogP contribution in [0.15, 0.2) is 16.6 Å². The highest BCUT2D eigenvalue weighted by molar-refractivity contribution is 9.10. The zero-order chi connectivity index (χ0) is 15.4. The Kier molecular flexibility index (Phi) is 5.30. The molecule has 0 saturated carbocycles. The lowest BCUT2D eigenvalue weighted by Crippen LogP contribution is -2.22. The Bertz CT molecular complexity index is 611. The summed E-state index contributed by atoms with van der Waals surface area (Å²) in [7, 11) is 1.74. The van der Waals surface area contributed by atoms with Crippen LogP contribution in [-0.4, -0.2) is 26.2 Å². The van der Waals surface area contributed by atoms with E-state index >= 15 is 0 Å². The molecule has 0 saturated heterocycles. The monoisotopic (exact) mass is 353 g/mol. The Balaban J connectivity index is 2.15. The van der Waals surface area contributed by atoms with Crippen LogP contribution >= 0.6 is 15.9 Å². The number of halogens is 1. The van der Waals surface area contributed by atoms with Gasteiger partial charge in [0.15, 0.2) is 6.61 Å². The fourth-order valence-corrected chi connectivity index (χ4v) is 2.59. The first-order chi connectivity index (χ1) is 9.95. The molecule has 0 bridgehead atoms. The maximum atomic E-state index is 5.92. The summed E-state index contributed by atoms with van der Waals surface area (Å²) in [6.07, 6.45) is 0. The lowest BCUT2D eigenvalue weighted by Gasteiger charge is -2.16. The molecule has 0 radical (unpaired) electrons. The van der Waals surface area contributed by atoms with Crippen LogP contribution in [0, 0.1) is 6.92 Å². The Labute approximate surface area is 133 Å². The summed E-state index contributed by atoms with van der Waals surface area (Å²) in [5.74, 6) is 1.45. The minimum atomic E-state index is 0.311. The molecule has 7 heteroatoms. The van der Waals surface area contributed by atoms with Gasteiger partial charge in [0.05, 0.1) is 7.05 Å². The number of tetrazole rings is 1. The predicted octanol–water partition coefficient (Wildman–Crippen LogP) is 2.36. The molecule has 0 amide bonds. The highest BCUT2D eigenvalue weighted by atomic mass is 79.9. The molecule has 2 rings (SSSR count). The van der Waals surface area contributed by atoms with Crippen molar-refractivity contribution in [2.45, 2.75) is 40.0 Å². The molecule has 0 atom stereocenters. The van der Waals surface area contributed by atoms with Gasteiger partial charge in [-0.1, -0.05) is 29.8 Å². The standard InChI is InChI=1S/C14H20BrN5O/c1-9(2)16-7-11-6-12(15)5-10(3)14(11)21-8-13-17-19-20(4)18-13/h5-6,9,16H,7-8H2,1-4H3. The molecule has 1 aromatic carbocycles. The third-order valence-corrected chi connectivity index (χ3v) is 3.37. The van der Waals surface area contributed by atoms with Crippen molar-refractivity contribution in [3.63, 3.8) is 0 Å². The average molecular weight is 354 g/mol. The Hall–Kier alpha value is -1.47. The summed E-state index contributed by atoms with van der Waals surface area (Å²) in [6, 6.07) is 4.53. The minimum Gasteiger partial charge on any atom is -0.485 e. The first-order valence-electron chi connectivity index (χ1n) is 6.83. The summed E-state index contributed by atoms with van der Waals surface area (Å²) in [4.78, 5) is 1.42. The van der Waals surface area contributed by atoms with Crippen molar-refractivity contribution in [3.05, 3.63) is 33.6 Å². The molecule has 21 heavy (non-hydrogen) atoms. The maximum absolute atomic E-state index is 5.92. The highest BCUT2D eigenvalue weighted by Gasteiger charge is 2.11. The number of nitrogens with one attached hydrogen (secondary N) is 1. The first kappa shape index (κ1) is 15.9. The van der Waals surface area contributed by atoms with E-state index in [4.69, 9.17) is 4.74 Å². The van der Waals surface area contributed by atoms with Gasteiger partial charge >= 0.3 is 0 Å². The number of aromatic nitrogens is 4. The minimum absolute atomic E-state index is 0.311. The van der Waals surface area contributed by atoms with Crippen LogP contribution in [0.3, 0.4) is 0 Å². The summed E-state index contributed by atoms with van der Waals surface area (Å²) in [6.45, 7) is 7.33. The number of ether oxygens (including phenoxy) is 1. The number of nitrogens with zero attached hydrogens (tertiary/aromatic N) is 4. The predicted molar refractivity (Wildman–Crippen MR) is 84.0 cm³/mol. The fourth-order valence-electron chi connectivity index (χ4n) is 1.97. The second-order valence-electron chi connectivity index (χ2n) is 5.23. The van der Waals surface area contributed by atoms with Gasteiger partial charge in [-0.05, 0) is 29.8 Å². The van der Waals surface area contributed by atoms with Crippen LogP contribution in [0.1, 0.15) is 30.8 Å². The molecule has 1 aromatic heterocycles. The van der Waals surface area contributed by atoms with Crippen molar-refractivity contribution in [1.29, 1.82) is 0 Å². The first-order valence-corrected chi connectivity index (χ1v) is 7.63. The second kappa shape index (κ2) is 7.00. The number of rotatable bonds is 6. The van der Waals surface area contributed by atoms with E-state index in [1.807, 2.05) is 13.0 Å². The van der Waals surface area contributed by atoms with Gasteiger partial charge in [0.2, 0.25) is 5.82 Å². The summed E-state index contributed by atoms with van der Waals surface area (Å²) in [5.41, 5.74) is 2.19. The molecule has 1 N–H and O–H groups in total. The van der Waals surface area contributed by atoms with Crippen molar-refractivity contribution in [2.24, 2.45) is 7.05 Å². The number of aryl methyl sites for hydroxylation is 2. The van der Waals surface area contributed by atoms with Crippen molar-refractivity contribution >= 4 is 15.9 Å². The average Bonchev–Trinajstić information content (AvgIpc) is 2.80. The van der Waals surface area contributed by atoms with E-state index in [1.54, 1.807) is 7.05 Å². The van der Waals surface area contributed by atoms with Crippen molar-refractivity contribution in [1.82, 2.24) is 25.5 Å². The zero-order valence-electron chi connectivity index (χ0n) is 12.7. The van der Waals surface area contributed by atoms with E-state index in [-0.39, 0.29) is 0 Å². The molecular formula is C14H20BrN5O. The van der Waals surface area contributed by atoms with Crippen molar-refractivity contribution < 1.29 is 4.74 Å². The van der Waals surface area contributed by atoms with E-state index in [1.165, 1.54) is 4.80 Å². The van der Waals surface area contributed by atoms with Gasteiger partial charge in [-0.15, -0.1) is 10.2 Å². The topological polar surface area (TPSA) is 64.9 Å². The molecule has 2 aromatic rings. The van der Waals surface area contributed by atoms with Gasteiger partial charge in [-0.3, -0.25) is 0 Å². The SMILES string of the molecule is Cc1cc(Br)cc(CNC(C)C)c1OCc1nnn(C)n1. The van der Waals surface area contributed by atoms with E-state index in [2.05, 4.69) is 56.6 Å². The van der Waals surface area contributed by atoms with Crippen LogP contribution in [0.2, 0.25) is 0 Å². The van der Waals surface area contributed by atoms with Gasteiger partial charge in [0.25, 0.3) is 0 Å². The van der Waals surface area contributed by atoms with Crippen LogP contribution in [0.4, 0.5) is 0 Å². The second-order valence-corrected chi connectivity index (χ2v) is 6.15. The van der Waals surface area contributed by atoms with Crippen molar-refractivity contribution in [2.75, 3.05) is 0 Å². The molecule has 0 aliphatic rings. The largest absolute Gasteiger partial charge is 0.485 e. The van der Waals surface area contributed by atoms with Gasteiger partial charge in [-0.25, -0.2) is 0 Å². The molecule has 6 nitrogen and oxygen atoms in total. The number of benzene rings is 1. The Morgan fingerprint density at radius 3 is 2.76 bits per heavy atom. The molecule has 0 spiro atoms. The molecule has 0 aliphatic carbocycles. The van der Waals surface area contributed by atoms with E-state index in [0.29, 0.717) is 18.5 Å². The Morgan fingerprint density at radius 1 is 1.38 bits per heavy atom. The van der Waals surface area contributed by atoms with Crippen LogP contribution in [0.25, 0.3) is 0 Å². The van der Waals surface area contributed by atoms with Gasteiger partial charge in [0.1, 0.15) is 5.75 Å². The summed E-state index contributed by atoms with van der Waals surface area (Å²) >= 11 is 3.53. The number of hydrogen-bond acceptors (Lipinski definition) is 5. The molecule has 114 valence electrons. The van der Waals surface area contributed by atoms with Crippen LogP contribution in [0.5, 0.6) is 5.75 Å². The summed E-state index contributed by atoms with van der Waals surface area (Å²) in [5, 5.41) is 15.3. The normalized spacial score (nSPS) is 11.1. The van der Waals surface area contributed by atoms with E-state index in [9.17, 15) is 0 Å². The number of hydrogen-bond donors (Lipinski definition) is 1. The van der Waals surface area contributed by atoms with Gasteiger partial charge < -0.3 is 10.1 Å². The fraction of sp³-hybridized carbons (Fsp3) is 0.500. The summed E-state index contributed by atoms with van der Waals surface area (Å²) < 4.78 is 6.96. The van der Waals surface area contributed by atoms with Crippen LogP contribution in [-0.2, 0) is 20.2 Å². The maximum Gasteiger partial charge on any atom is 0.212 e. The Morgan fingerprint density at radius 2 is 2.14 bits per heavy atom. The van der Waals surface area contributed by atoms with E-state index in [0.717, 1.165) is 27.9 Å². The van der Waals surface area contributed by atoms with Gasteiger partial charge in [0, 0.05) is 22.6 Å². The lowest BCUT2D eigenvalue weighted by atomic mass is 10.1.